The number of piperidine rings is 1. The molecule has 0 aromatic heterocycles. The van der Waals surface area contributed by atoms with Crippen molar-refractivity contribution in [1.82, 2.24) is 4.90 Å². The van der Waals surface area contributed by atoms with Crippen LogP contribution in [0.3, 0.4) is 0 Å². The molecule has 0 unspecified atom stereocenters. The summed E-state index contributed by atoms with van der Waals surface area (Å²) in [4.78, 5) is 2.55. The van der Waals surface area contributed by atoms with Gasteiger partial charge in [0, 0.05) is 24.8 Å². The van der Waals surface area contributed by atoms with Crippen molar-refractivity contribution < 1.29 is 9.13 Å². The predicted molar refractivity (Wildman–Crippen MR) is 118 cm³/mol. The molecule has 152 valence electrons. The number of rotatable bonds is 8. The van der Waals surface area contributed by atoms with Crippen molar-refractivity contribution in [3.63, 3.8) is 0 Å². The molecule has 0 saturated carbocycles. The summed E-state index contributed by atoms with van der Waals surface area (Å²) in [5, 5.41) is 6.30. The molecule has 3 aromatic rings. The maximum Gasteiger partial charge on any atom is 0.123 e. The fraction of sp³-hybridized carbons (Fsp3) is 0.360. The van der Waals surface area contributed by atoms with Crippen LogP contribution in [0, 0.1) is 5.82 Å². The number of hydrogen-bond donors (Lipinski definition) is 1. The minimum atomic E-state index is -0.226. The van der Waals surface area contributed by atoms with Crippen LogP contribution >= 0.6 is 0 Å². The number of fused-ring (bicyclic) bond motifs is 1. The van der Waals surface area contributed by atoms with Crippen molar-refractivity contribution >= 4 is 16.5 Å². The lowest BCUT2D eigenvalue weighted by atomic mass is 10.0. The minimum absolute atomic E-state index is 0.226. The Morgan fingerprint density at radius 2 is 1.66 bits per heavy atom. The molecular formula is C25H29FN2O. The second-order valence-electron chi connectivity index (χ2n) is 7.83. The maximum atomic E-state index is 12.9. The van der Waals surface area contributed by atoms with Crippen LogP contribution in [0.1, 0.15) is 25.7 Å². The van der Waals surface area contributed by atoms with Gasteiger partial charge in [0.05, 0.1) is 6.61 Å². The van der Waals surface area contributed by atoms with Gasteiger partial charge in [-0.05, 0) is 79.4 Å². The number of anilines is 1. The molecule has 3 aromatic carbocycles. The monoisotopic (exact) mass is 392 g/mol. The van der Waals surface area contributed by atoms with Gasteiger partial charge in [-0.3, -0.25) is 0 Å². The number of nitrogens with one attached hydrogen (secondary N) is 1. The topological polar surface area (TPSA) is 24.5 Å². The fourth-order valence-corrected chi connectivity index (χ4v) is 3.97. The third-order valence-electron chi connectivity index (χ3n) is 5.66. The largest absolute Gasteiger partial charge is 0.494 e. The summed E-state index contributed by atoms with van der Waals surface area (Å²) in [6.07, 6.45) is 4.51. The molecule has 0 spiro atoms. The summed E-state index contributed by atoms with van der Waals surface area (Å²) in [7, 11) is 0. The molecule has 0 aliphatic carbocycles. The Labute approximate surface area is 172 Å². The van der Waals surface area contributed by atoms with E-state index in [-0.39, 0.29) is 5.82 Å². The first-order valence-electron chi connectivity index (χ1n) is 10.6. The van der Waals surface area contributed by atoms with Gasteiger partial charge in [0.2, 0.25) is 0 Å². The van der Waals surface area contributed by atoms with Crippen LogP contribution in [0.25, 0.3) is 10.8 Å². The lowest BCUT2D eigenvalue weighted by molar-refractivity contribution is 0.208. The van der Waals surface area contributed by atoms with Gasteiger partial charge in [-0.25, -0.2) is 4.39 Å². The molecule has 0 radical (unpaired) electrons. The van der Waals surface area contributed by atoms with E-state index in [1.165, 1.54) is 41.4 Å². The van der Waals surface area contributed by atoms with E-state index in [4.69, 9.17) is 4.74 Å². The number of halogens is 1. The fourth-order valence-electron chi connectivity index (χ4n) is 3.97. The number of benzene rings is 3. The first-order chi connectivity index (χ1) is 14.3. The van der Waals surface area contributed by atoms with Gasteiger partial charge in [-0.2, -0.15) is 0 Å². The summed E-state index contributed by atoms with van der Waals surface area (Å²) in [6, 6.07) is 21.9. The van der Waals surface area contributed by atoms with Gasteiger partial charge in [0.25, 0.3) is 0 Å². The molecule has 1 N–H and O–H groups in total. The average molecular weight is 393 g/mol. The first-order valence-corrected chi connectivity index (χ1v) is 10.6. The number of likely N-dealkylation sites (tertiary alicyclic amines) is 1. The number of hydrogen-bond acceptors (Lipinski definition) is 3. The Kier molecular flexibility index (Phi) is 6.63. The van der Waals surface area contributed by atoms with E-state index < -0.39 is 0 Å². The Hall–Kier alpha value is -2.59. The third-order valence-corrected chi connectivity index (χ3v) is 5.66. The highest BCUT2D eigenvalue weighted by atomic mass is 19.1. The molecule has 0 atom stereocenters. The van der Waals surface area contributed by atoms with E-state index in [0.717, 1.165) is 38.2 Å². The SMILES string of the molecule is Fc1ccc(OCCCCN2CCC(Nc3ccc4ccccc4c3)CC2)cc1. The Bertz CT molecular complexity index is 904. The zero-order valence-electron chi connectivity index (χ0n) is 16.8. The second-order valence-corrected chi connectivity index (χ2v) is 7.83. The minimum Gasteiger partial charge on any atom is -0.494 e. The van der Waals surface area contributed by atoms with Crippen LogP contribution in [0.5, 0.6) is 5.75 Å². The van der Waals surface area contributed by atoms with Gasteiger partial charge in [0.15, 0.2) is 0 Å². The van der Waals surface area contributed by atoms with Crippen molar-refractivity contribution in [2.24, 2.45) is 0 Å². The van der Waals surface area contributed by atoms with Crippen molar-refractivity contribution in [3.8, 4) is 5.75 Å². The summed E-state index contributed by atoms with van der Waals surface area (Å²) in [6.45, 7) is 4.09. The van der Waals surface area contributed by atoms with E-state index in [0.29, 0.717) is 12.6 Å². The number of nitrogens with zero attached hydrogens (tertiary/aromatic N) is 1. The quantitative estimate of drug-likeness (QED) is 0.497. The van der Waals surface area contributed by atoms with E-state index in [1.54, 1.807) is 12.1 Å². The van der Waals surface area contributed by atoms with E-state index >= 15 is 0 Å². The summed E-state index contributed by atoms with van der Waals surface area (Å²) in [5.74, 6) is 0.517. The molecule has 4 heteroatoms. The zero-order valence-corrected chi connectivity index (χ0v) is 16.8. The smallest absolute Gasteiger partial charge is 0.123 e. The number of ether oxygens (including phenoxy) is 1. The van der Waals surface area contributed by atoms with Crippen LogP contribution in [0.4, 0.5) is 10.1 Å². The van der Waals surface area contributed by atoms with Gasteiger partial charge in [-0.1, -0.05) is 30.3 Å². The van der Waals surface area contributed by atoms with E-state index in [2.05, 4.69) is 52.7 Å². The lowest BCUT2D eigenvalue weighted by Crippen LogP contribution is -2.39. The van der Waals surface area contributed by atoms with Gasteiger partial charge < -0.3 is 15.0 Å². The maximum absolute atomic E-state index is 12.9. The lowest BCUT2D eigenvalue weighted by Gasteiger charge is -2.33. The molecule has 0 bridgehead atoms. The van der Waals surface area contributed by atoms with Crippen molar-refractivity contribution in [3.05, 3.63) is 72.5 Å². The van der Waals surface area contributed by atoms with Crippen LogP contribution in [-0.4, -0.2) is 37.2 Å². The third kappa shape index (κ3) is 5.70. The Morgan fingerprint density at radius 3 is 2.45 bits per heavy atom. The molecular weight excluding hydrogens is 363 g/mol. The highest BCUT2D eigenvalue weighted by Gasteiger charge is 2.18. The van der Waals surface area contributed by atoms with Gasteiger partial charge in [-0.15, -0.1) is 0 Å². The molecule has 0 amide bonds. The summed E-state index contributed by atoms with van der Waals surface area (Å²) >= 11 is 0. The van der Waals surface area contributed by atoms with Crippen molar-refractivity contribution in [2.45, 2.75) is 31.7 Å². The highest BCUT2D eigenvalue weighted by molar-refractivity contribution is 5.85. The molecule has 29 heavy (non-hydrogen) atoms. The molecule has 1 aliphatic rings. The van der Waals surface area contributed by atoms with Gasteiger partial charge in [0.1, 0.15) is 11.6 Å². The average Bonchev–Trinajstić information content (AvgIpc) is 2.76. The van der Waals surface area contributed by atoms with Crippen LogP contribution in [-0.2, 0) is 0 Å². The first kappa shape index (κ1) is 19.7. The van der Waals surface area contributed by atoms with Crippen LogP contribution < -0.4 is 10.1 Å². The Morgan fingerprint density at radius 1 is 0.897 bits per heavy atom. The zero-order chi connectivity index (χ0) is 19.9. The van der Waals surface area contributed by atoms with Crippen molar-refractivity contribution in [2.75, 3.05) is 31.6 Å². The molecule has 1 saturated heterocycles. The summed E-state index contributed by atoms with van der Waals surface area (Å²) in [5.41, 5.74) is 1.22. The molecule has 1 heterocycles. The number of unbranched alkanes of at least 4 members (excludes halogenated alkanes) is 1. The molecule has 4 rings (SSSR count). The van der Waals surface area contributed by atoms with Crippen LogP contribution in [0.2, 0.25) is 0 Å². The van der Waals surface area contributed by atoms with Crippen molar-refractivity contribution in [1.29, 1.82) is 0 Å². The van der Waals surface area contributed by atoms with E-state index in [9.17, 15) is 4.39 Å². The normalized spacial score (nSPS) is 15.5. The van der Waals surface area contributed by atoms with Crippen LogP contribution in [0.15, 0.2) is 66.7 Å². The van der Waals surface area contributed by atoms with E-state index in [1.807, 2.05) is 0 Å². The van der Waals surface area contributed by atoms with Gasteiger partial charge >= 0.3 is 0 Å². The second kappa shape index (κ2) is 9.75. The highest BCUT2D eigenvalue weighted by Crippen LogP contribution is 2.22. The summed E-state index contributed by atoms with van der Waals surface area (Å²) < 4.78 is 18.6. The molecule has 1 aliphatic heterocycles. The predicted octanol–water partition coefficient (Wildman–Crippen LogP) is 5.71. The standard InChI is InChI=1S/C25H29FN2O/c26-22-8-11-25(12-9-22)29-18-4-3-15-28-16-13-23(14-17-28)27-24-10-7-20-5-1-2-6-21(20)19-24/h1-2,5-12,19,23,27H,3-4,13-18H2. The Balaban J connectivity index is 1.13. The molecule has 1 fully saturated rings. The molecule has 3 nitrogen and oxygen atoms in total.